The maximum absolute atomic E-state index is 13.8. The van der Waals surface area contributed by atoms with Crippen molar-refractivity contribution < 1.29 is 9.18 Å². The lowest BCUT2D eigenvalue weighted by Gasteiger charge is -2.12. The molecule has 1 atom stereocenters. The highest BCUT2D eigenvalue weighted by atomic mass is 79.9. The van der Waals surface area contributed by atoms with Crippen molar-refractivity contribution in [1.82, 2.24) is 9.97 Å². The van der Waals surface area contributed by atoms with Gasteiger partial charge in [-0.3, -0.25) is 9.78 Å². The van der Waals surface area contributed by atoms with Gasteiger partial charge in [0.2, 0.25) is 5.95 Å². The Kier molecular flexibility index (Phi) is 3.98. The summed E-state index contributed by atoms with van der Waals surface area (Å²) in [5, 5.41) is 0.951. The fourth-order valence-corrected chi connectivity index (χ4v) is 2.67. The molecule has 0 aliphatic carbocycles. The van der Waals surface area contributed by atoms with Crippen LogP contribution in [0, 0.1) is 5.95 Å². The molecule has 5 heteroatoms. The molecule has 110 valence electrons. The SMILES string of the molecule is CC(C(=O)c1cc(Br)cnc1F)c1ccc2ncccc2c1. The Balaban J connectivity index is 1.99. The van der Waals surface area contributed by atoms with Crippen LogP contribution in [0.3, 0.4) is 0 Å². The number of aromatic nitrogens is 2. The molecule has 0 fully saturated rings. The van der Waals surface area contributed by atoms with E-state index in [0.717, 1.165) is 16.5 Å². The number of carbonyl (C=O) groups excluding carboxylic acids is 1. The van der Waals surface area contributed by atoms with Gasteiger partial charge in [0.05, 0.1) is 11.1 Å². The van der Waals surface area contributed by atoms with Gasteiger partial charge < -0.3 is 0 Å². The van der Waals surface area contributed by atoms with Crippen LogP contribution in [-0.2, 0) is 0 Å². The Morgan fingerprint density at radius 1 is 1.23 bits per heavy atom. The molecule has 0 bridgehead atoms. The number of fused-ring (bicyclic) bond motifs is 1. The number of ketones is 1. The van der Waals surface area contributed by atoms with E-state index >= 15 is 0 Å². The minimum atomic E-state index is -0.748. The van der Waals surface area contributed by atoms with Gasteiger partial charge >= 0.3 is 0 Å². The fraction of sp³-hybridized carbons (Fsp3) is 0.118. The molecule has 3 aromatic rings. The molecule has 3 rings (SSSR count). The number of Topliss-reactive ketones (excluding diaryl/α,β-unsaturated/α-hetero) is 1. The standard InChI is InChI=1S/C17H12BrFN2O/c1-10(16(22)14-8-13(18)9-21-17(14)19)11-4-5-15-12(7-11)3-2-6-20-15/h2-10H,1H3. The van der Waals surface area contributed by atoms with Gasteiger partial charge in [-0.2, -0.15) is 4.39 Å². The van der Waals surface area contributed by atoms with Crippen molar-refractivity contribution in [3.63, 3.8) is 0 Å². The summed E-state index contributed by atoms with van der Waals surface area (Å²) in [6.07, 6.45) is 3.05. The van der Waals surface area contributed by atoms with E-state index in [1.54, 1.807) is 13.1 Å². The zero-order valence-corrected chi connectivity index (χ0v) is 13.3. The largest absolute Gasteiger partial charge is 0.293 e. The van der Waals surface area contributed by atoms with E-state index in [4.69, 9.17) is 0 Å². The zero-order valence-electron chi connectivity index (χ0n) is 11.8. The van der Waals surface area contributed by atoms with E-state index < -0.39 is 11.9 Å². The Bertz CT molecular complexity index is 866. The summed E-state index contributed by atoms with van der Waals surface area (Å²) >= 11 is 3.21. The molecule has 3 nitrogen and oxygen atoms in total. The third kappa shape index (κ3) is 2.76. The van der Waals surface area contributed by atoms with Crippen molar-refractivity contribution in [2.24, 2.45) is 0 Å². The quantitative estimate of drug-likeness (QED) is 0.510. The minimum absolute atomic E-state index is 0.00633. The number of hydrogen-bond acceptors (Lipinski definition) is 3. The van der Waals surface area contributed by atoms with Crippen molar-refractivity contribution in [3.05, 3.63) is 70.3 Å². The summed E-state index contributed by atoms with van der Waals surface area (Å²) in [5.74, 6) is -1.51. The molecule has 22 heavy (non-hydrogen) atoms. The van der Waals surface area contributed by atoms with E-state index in [2.05, 4.69) is 25.9 Å². The van der Waals surface area contributed by atoms with Crippen LogP contribution in [-0.4, -0.2) is 15.8 Å². The van der Waals surface area contributed by atoms with Crippen molar-refractivity contribution in [2.45, 2.75) is 12.8 Å². The predicted octanol–water partition coefficient (Wildman–Crippen LogP) is 4.52. The molecule has 2 heterocycles. The van der Waals surface area contributed by atoms with Crippen LogP contribution in [0.15, 0.2) is 53.3 Å². The first-order chi connectivity index (χ1) is 10.6. The molecule has 0 N–H and O–H groups in total. The lowest BCUT2D eigenvalue weighted by atomic mass is 9.92. The minimum Gasteiger partial charge on any atom is -0.293 e. The first-order valence-electron chi connectivity index (χ1n) is 6.76. The van der Waals surface area contributed by atoms with Crippen LogP contribution in [0.5, 0.6) is 0 Å². The fourth-order valence-electron chi connectivity index (χ4n) is 2.34. The van der Waals surface area contributed by atoms with Crippen LogP contribution >= 0.6 is 15.9 Å². The summed E-state index contributed by atoms with van der Waals surface area (Å²) in [6.45, 7) is 1.76. The molecule has 0 saturated carbocycles. The maximum Gasteiger partial charge on any atom is 0.223 e. The van der Waals surface area contributed by atoms with E-state index in [-0.39, 0.29) is 11.3 Å². The van der Waals surface area contributed by atoms with Gasteiger partial charge in [0.1, 0.15) is 0 Å². The Hall–Kier alpha value is -2.14. The molecule has 1 unspecified atom stereocenters. The lowest BCUT2D eigenvalue weighted by molar-refractivity contribution is 0.0961. The molecule has 0 saturated heterocycles. The van der Waals surface area contributed by atoms with E-state index in [0.29, 0.717) is 4.47 Å². The first kappa shape index (κ1) is 14.8. The molecule has 0 aliphatic heterocycles. The van der Waals surface area contributed by atoms with Crippen molar-refractivity contribution in [3.8, 4) is 0 Å². The van der Waals surface area contributed by atoms with Gasteiger partial charge in [-0.25, -0.2) is 4.98 Å². The van der Waals surface area contributed by atoms with Crippen LogP contribution < -0.4 is 0 Å². The second kappa shape index (κ2) is 5.93. The molecular weight excluding hydrogens is 347 g/mol. The first-order valence-corrected chi connectivity index (χ1v) is 7.55. The number of rotatable bonds is 3. The Labute approximate surface area is 135 Å². The van der Waals surface area contributed by atoms with Gasteiger partial charge in [0.25, 0.3) is 0 Å². The van der Waals surface area contributed by atoms with E-state index in [1.807, 2.05) is 30.3 Å². The summed E-state index contributed by atoms with van der Waals surface area (Å²) in [4.78, 5) is 20.4. The number of nitrogens with zero attached hydrogens (tertiary/aromatic N) is 2. The monoisotopic (exact) mass is 358 g/mol. The third-order valence-electron chi connectivity index (χ3n) is 3.59. The number of hydrogen-bond donors (Lipinski definition) is 0. The summed E-state index contributed by atoms with van der Waals surface area (Å²) in [5.41, 5.74) is 1.68. The highest BCUT2D eigenvalue weighted by molar-refractivity contribution is 9.10. The highest BCUT2D eigenvalue weighted by Crippen LogP contribution is 2.25. The average molecular weight is 359 g/mol. The molecule has 0 radical (unpaired) electrons. The number of benzene rings is 1. The van der Waals surface area contributed by atoms with Crippen LogP contribution in [0.2, 0.25) is 0 Å². The smallest absolute Gasteiger partial charge is 0.223 e. The van der Waals surface area contributed by atoms with E-state index in [1.165, 1.54) is 12.3 Å². The van der Waals surface area contributed by atoms with Gasteiger partial charge in [-0.15, -0.1) is 0 Å². The van der Waals surface area contributed by atoms with Crippen LogP contribution in [0.25, 0.3) is 10.9 Å². The van der Waals surface area contributed by atoms with Gasteiger partial charge in [0, 0.05) is 28.2 Å². The van der Waals surface area contributed by atoms with Crippen LogP contribution in [0.1, 0.15) is 28.8 Å². The summed E-state index contributed by atoms with van der Waals surface area (Å²) in [6, 6.07) is 10.9. The molecule has 1 aromatic carbocycles. The third-order valence-corrected chi connectivity index (χ3v) is 4.03. The maximum atomic E-state index is 13.8. The van der Waals surface area contributed by atoms with Gasteiger partial charge in [0.15, 0.2) is 5.78 Å². The van der Waals surface area contributed by atoms with Crippen LogP contribution in [0.4, 0.5) is 4.39 Å². The Morgan fingerprint density at radius 2 is 2.05 bits per heavy atom. The lowest BCUT2D eigenvalue weighted by Crippen LogP contribution is -2.12. The Morgan fingerprint density at radius 3 is 2.86 bits per heavy atom. The molecular formula is C17H12BrFN2O. The summed E-state index contributed by atoms with van der Waals surface area (Å²) < 4.78 is 14.4. The average Bonchev–Trinajstić information content (AvgIpc) is 2.55. The van der Waals surface area contributed by atoms with Gasteiger partial charge in [-0.1, -0.05) is 19.1 Å². The number of carbonyl (C=O) groups is 1. The zero-order chi connectivity index (χ0) is 15.7. The van der Waals surface area contributed by atoms with Gasteiger partial charge in [-0.05, 0) is 45.8 Å². The summed E-state index contributed by atoms with van der Waals surface area (Å²) in [7, 11) is 0. The van der Waals surface area contributed by atoms with Crippen molar-refractivity contribution in [2.75, 3.05) is 0 Å². The predicted molar refractivity (Wildman–Crippen MR) is 86.4 cm³/mol. The normalized spacial score (nSPS) is 12.3. The molecule has 0 amide bonds. The molecule has 2 aromatic heterocycles. The second-order valence-electron chi connectivity index (χ2n) is 5.03. The molecule has 0 aliphatic rings. The topological polar surface area (TPSA) is 42.9 Å². The van der Waals surface area contributed by atoms with Crippen molar-refractivity contribution >= 4 is 32.6 Å². The number of halogens is 2. The van der Waals surface area contributed by atoms with E-state index in [9.17, 15) is 9.18 Å². The highest BCUT2D eigenvalue weighted by Gasteiger charge is 2.21. The number of pyridine rings is 2. The second-order valence-corrected chi connectivity index (χ2v) is 5.95. The van der Waals surface area contributed by atoms with Crippen molar-refractivity contribution in [1.29, 1.82) is 0 Å². The molecule has 0 spiro atoms.